The van der Waals surface area contributed by atoms with E-state index in [4.69, 9.17) is 10.6 Å². The smallest absolute Gasteiger partial charge is 0.123 e. The van der Waals surface area contributed by atoms with Crippen LogP contribution >= 0.6 is 15.9 Å². The van der Waals surface area contributed by atoms with Crippen molar-refractivity contribution >= 4 is 15.9 Å². The van der Waals surface area contributed by atoms with Crippen LogP contribution in [0.25, 0.3) is 0 Å². The monoisotopic (exact) mass is 318 g/mol. The molecule has 0 fully saturated rings. The summed E-state index contributed by atoms with van der Waals surface area (Å²) in [4.78, 5) is 0. The van der Waals surface area contributed by atoms with Crippen LogP contribution in [0.4, 0.5) is 4.39 Å². The van der Waals surface area contributed by atoms with Gasteiger partial charge in [-0.25, -0.2) is 4.39 Å². The Morgan fingerprint density at radius 3 is 2.89 bits per heavy atom. The molecule has 0 aliphatic carbocycles. The van der Waals surface area contributed by atoms with E-state index in [1.807, 2.05) is 0 Å². The van der Waals surface area contributed by atoms with Gasteiger partial charge in [-0.05, 0) is 43.0 Å². The molecule has 0 bridgehead atoms. The summed E-state index contributed by atoms with van der Waals surface area (Å²) in [6, 6.07) is 4.76. The quantitative estimate of drug-likeness (QED) is 0.440. The third-order valence-corrected chi connectivity index (χ3v) is 3.44. The Morgan fingerprint density at radius 2 is 2.22 bits per heavy atom. The molecule has 0 aliphatic rings. The van der Waals surface area contributed by atoms with Gasteiger partial charge in [0, 0.05) is 23.7 Å². The lowest BCUT2D eigenvalue weighted by atomic mass is 10.0. The molecule has 0 amide bonds. The molecule has 0 aliphatic heterocycles. The van der Waals surface area contributed by atoms with Crippen LogP contribution in [0.1, 0.15) is 25.3 Å². The van der Waals surface area contributed by atoms with Crippen LogP contribution in [0.2, 0.25) is 0 Å². The molecule has 1 aromatic rings. The number of ether oxygens (including phenoxy) is 1. The van der Waals surface area contributed by atoms with Crippen LogP contribution in [-0.4, -0.2) is 19.3 Å². The molecule has 0 radical (unpaired) electrons. The van der Waals surface area contributed by atoms with E-state index in [1.54, 1.807) is 6.07 Å². The molecule has 102 valence electrons. The molecule has 1 aromatic carbocycles. The summed E-state index contributed by atoms with van der Waals surface area (Å²) >= 11 is 3.41. The third-order valence-electron chi connectivity index (χ3n) is 2.67. The summed E-state index contributed by atoms with van der Waals surface area (Å²) < 4.78 is 19.5. The van der Waals surface area contributed by atoms with Crippen molar-refractivity contribution in [1.29, 1.82) is 0 Å². The molecule has 1 rings (SSSR count). The molecule has 0 saturated carbocycles. The topological polar surface area (TPSA) is 47.3 Å². The molecular formula is C13H20BrFN2O. The van der Waals surface area contributed by atoms with Gasteiger partial charge in [0.2, 0.25) is 0 Å². The van der Waals surface area contributed by atoms with Gasteiger partial charge in [0.15, 0.2) is 0 Å². The molecule has 1 atom stereocenters. The van der Waals surface area contributed by atoms with E-state index in [0.717, 1.165) is 29.5 Å². The molecule has 3 nitrogen and oxygen atoms in total. The van der Waals surface area contributed by atoms with Gasteiger partial charge in [0.25, 0.3) is 0 Å². The molecule has 0 heterocycles. The van der Waals surface area contributed by atoms with Crippen molar-refractivity contribution in [2.24, 2.45) is 5.84 Å². The Morgan fingerprint density at radius 1 is 1.44 bits per heavy atom. The Bertz CT molecular complexity index is 363. The van der Waals surface area contributed by atoms with Crippen LogP contribution in [0.5, 0.6) is 0 Å². The van der Waals surface area contributed by atoms with Crippen LogP contribution in [0.15, 0.2) is 22.7 Å². The number of benzene rings is 1. The first-order valence-corrected chi connectivity index (χ1v) is 6.94. The number of hydrogen-bond acceptors (Lipinski definition) is 3. The minimum atomic E-state index is -0.230. The zero-order valence-electron chi connectivity index (χ0n) is 10.6. The zero-order valence-corrected chi connectivity index (χ0v) is 12.2. The van der Waals surface area contributed by atoms with Crippen LogP contribution in [0.3, 0.4) is 0 Å². The van der Waals surface area contributed by atoms with E-state index < -0.39 is 0 Å². The maximum absolute atomic E-state index is 13.2. The standard InChI is InChI=1S/C13H20BrFN2O/c1-2-6-18-7-5-12(17-16)9-10-8-11(15)3-4-13(10)14/h3-4,8,12,17H,2,5-7,9,16H2,1H3. The summed E-state index contributed by atoms with van der Waals surface area (Å²) in [7, 11) is 0. The van der Waals surface area contributed by atoms with Gasteiger partial charge in [-0.1, -0.05) is 22.9 Å². The Labute approximate surface area is 116 Å². The largest absolute Gasteiger partial charge is 0.381 e. The second-order valence-electron chi connectivity index (χ2n) is 4.20. The average molecular weight is 319 g/mol. The third kappa shape index (κ3) is 5.44. The number of halogens is 2. The number of nitrogens with two attached hydrogens (primary N) is 1. The number of nitrogens with one attached hydrogen (secondary N) is 1. The van der Waals surface area contributed by atoms with E-state index >= 15 is 0 Å². The summed E-state index contributed by atoms with van der Waals surface area (Å²) in [5.74, 6) is 5.28. The SMILES string of the molecule is CCCOCCC(Cc1cc(F)ccc1Br)NN. The van der Waals surface area contributed by atoms with Crippen molar-refractivity contribution in [2.75, 3.05) is 13.2 Å². The Balaban J connectivity index is 2.48. The fraction of sp³-hybridized carbons (Fsp3) is 0.538. The van der Waals surface area contributed by atoms with Crippen molar-refractivity contribution in [1.82, 2.24) is 5.43 Å². The maximum atomic E-state index is 13.2. The van der Waals surface area contributed by atoms with Gasteiger partial charge < -0.3 is 4.74 Å². The van der Waals surface area contributed by atoms with Crippen molar-refractivity contribution in [3.8, 4) is 0 Å². The summed E-state index contributed by atoms with van der Waals surface area (Å²) in [5, 5.41) is 0. The molecule has 0 saturated heterocycles. The fourth-order valence-corrected chi connectivity index (χ4v) is 2.09. The van der Waals surface area contributed by atoms with Crippen molar-refractivity contribution in [3.63, 3.8) is 0 Å². The Kier molecular flexibility index (Phi) is 7.42. The minimum Gasteiger partial charge on any atom is -0.381 e. The predicted octanol–water partition coefficient (Wildman–Crippen LogP) is 2.78. The Hall–Kier alpha value is -0.490. The first kappa shape index (κ1) is 15.6. The highest BCUT2D eigenvalue weighted by Crippen LogP contribution is 2.19. The molecule has 3 N–H and O–H groups in total. The first-order chi connectivity index (χ1) is 8.67. The second kappa shape index (κ2) is 8.58. The average Bonchev–Trinajstić information content (AvgIpc) is 2.37. The lowest BCUT2D eigenvalue weighted by molar-refractivity contribution is 0.124. The molecular weight excluding hydrogens is 299 g/mol. The highest BCUT2D eigenvalue weighted by molar-refractivity contribution is 9.10. The normalized spacial score (nSPS) is 12.7. The van der Waals surface area contributed by atoms with E-state index in [1.165, 1.54) is 12.1 Å². The lowest BCUT2D eigenvalue weighted by Gasteiger charge is -2.16. The zero-order chi connectivity index (χ0) is 13.4. The van der Waals surface area contributed by atoms with Gasteiger partial charge >= 0.3 is 0 Å². The van der Waals surface area contributed by atoms with Gasteiger partial charge in [0.05, 0.1) is 0 Å². The van der Waals surface area contributed by atoms with Crippen LogP contribution in [-0.2, 0) is 11.2 Å². The van der Waals surface area contributed by atoms with Crippen molar-refractivity contribution in [2.45, 2.75) is 32.2 Å². The van der Waals surface area contributed by atoms with Gasteiger partial charge in [0.1, 0.15) is 5.82 Å². The predicted molar refractivity (Wildman–Crippen MR) is 74.6 cm³/mol. The fourth-order valence-electron chi connectivity index (χ4n) is 1.68. The summed E-state index contributed by atoms with van der Waals surface area (Å²) in [5.41, 5.74) is 3.66. The molecule has 0 spiro atoms. The van der Waals surface area contributed by atoms with Crippen LogP contribution in [0, 0.1) is 5.82 Å². The van der Waals surface area contributed by atoms with Crippen LogP contribution < -0.4 is 11.3 Å². The number of hydrogen-bond donors (Lipinski definition) is 2. The number of rotatable bonds is 8. The molecule has 18 heavy (non-hydrogen) atoms. The molecule has 1 unspecified atom stereocenters. The highest BCUT2D eigenvalue weighted by atomic mass is 79.9. The second-order valence-corrected chi connectivity index (χ2v) is 5.06. The molecule has 0 aromatic heterocycles. The van der Waals surface area contributed by atoms with Crippen molar-refractivity contribution < 1.29 is 9.13 Å². The lowest BCUT2D eigenvalue weighted by Crippen LogP contribution is -2.37. The molecule has 5 heteroatoms. The van der Waals surface area contributed by atoms with E-state index in [0.29, 0.717) is 13.0 Å². The van der Waals surface area contributed by atoms with Gasteiger partial charge in [-0.3, -0.25) is 11.3 Å². The van der Waals surface area contributed by atoms with E-state index in [-0.39, 0.29) is 11.9 Å². The van der Waals surface area contributed by atoms with E-state index in [2.05, 4.69) is 28.3 Å². The summed E-state index contributed by atoms with van der Waals surface area (Å²) in [6.07, 6.45) is 2.49. The first-order valence-electron chi connectivity index (χ1n) is 6.15. The number of hydrazine groups is 1. The summed E-state index contributed by atoms with van der Waals surface area (Å²) in [6.45, 7) is 3.50. The van der Waals surface area contributed by atoms with Crippen molar-refractivity contribution in [3.05, 3.63) is 34.1 Å². The maximum Gasteiger partial charge on any atom is 0.123 e. The van der Waals surface area contributed by atoms with Gasteiger partial charge in [-0.2, -0.15) is 0 Å². The van der Waals surface area contributed by atoms with Gasteiger partial charge in [-0.15, -0.1) is 0 Å². The minimum absolute atomic E-state index is 0.0833. The van der Waals surface area contributed by atoms with E-state index in [9.17, 15) is 4.39 Å². The highest BCUT2D eigenvalue weighted by Gasteiger charge is 2.10.